The third kappa shape index (κ3) is 4.69. The number of hydrogen-bond donors (Lipinski definition) is 2. The number of aryl methyl sites for hydroxylation is 1. The van der Waals surface area contributed by atoms with E-state index in [9.17, 15) is 22.8 Å². The first-order chi connectivity index (χ1) is 16.5. The van der Waals surface area contributed by atoms with Gasteiger partial charge in [-0.2, -0.15) is 0 Å². The van der Waals surface area contributed by atoms with Gasteiger partial charge in [0.25, 0.3) is 0 Å². The van der Waals surface area contributed by atoms with Crippen molar-refractivity contribution < 1.29 is 27.2 Å². The highest BCUT2D eigenvalue weighted by atomic mass is 35.5. The second-order valence-corrected chi connectivity index (χ2v) is 11.2. The zero-order valence-corrected chi connectivity index (χ0v) is 22.1. The van der Waals surface area contributed by atoms with Gasteiger partial charge in [-0.15, -0.1) is 0 Å². The number of benzene rings is 2. The summed E-state index contributed by atoms with van der Waals surface area (Å²) in [6.45, 7) is 4.54. The lowest BCUT2D eigenvalue weighted by Crippen LogP contribution is -2.41. The summed E-state index contributed by atoms with van der Waals surface area (Å²) >= 11 is 6.33. The van der Waals surface area contributed by atoms with Crippen molar-refractivity contribution in [2.75, 3.05) is 20.4 Å². The van der Waals surface area contributed by atoms with Gasteiger partial charge in [0.15, 0.2) is 15.6 Å². The molecule has 0 aliphatic carbocycles. The number of sulfone groups is 1. The van der Waals surface area contributed by atoms with Gasteiger partial charge < -0.3 is 25.5 Å². The Morgan fingerprint density at radius 2 is 1.75 bits per heavy atom. The maximum absolute atomic E-state index is 13.2. The Morgan fingerprint density at radius 3 is 2.28 bits per heavy atom. The van der Waals surface area contributed by atoms with Crippen LogP contribution in [0.2, 0.25) is 5.02 Å². The third-order valence-corrected chi connectivity index (χ3v) is 7.47. The first-order valence-electron chi connectivity index (χ1n) is 10.6. The van der Waals surface area contributed by atoms with Crippen LogP contribution in [0.3, 0.4) is 0 Å². The lowest BCUT2D eigenvalue weighted by molar-refractivity contribution is 0.0999. The topological polar surface area (TPSA) is 163 Å². The predicted octanol–water partition coefficient (Wildman–Crippen LogP) is 2.85. The van der Waals surface area contributed by atoms with Crippen LogP contribution in [-0.4, -0.2) is 45.7 Å². The monoisotopic (exact) mass is 535 g/mol. The normalized spacial score (nSPS) is 13.3. The molecular formula is C24H26ClN3O7S. The van der Waals surface area contributed by atoms with Gasteiger partial charge in [-0.25, -0.2) is 18.0 Å². The van der Waals surface area contributed by atoms with Crippen LogP contribution in [-0.2, 0) is 15.4 Å². The number of ether oxygens (including phenoxy) is 1. The third-order valence-electron chi connectivity index (χ3n) is 5.90. The zero-order valence-electron chi connectivity index (χ0n) is 20.6. The molecule has 192 valence electrons. The molecule has 0 fully saturated rings. The summed E-state index contributed by atoms with van der Waals surface area (Å²) in [5, 5.41) is 0.486. The van der Waals surface area contributed by atoms with Crippen molar-refractivity contribution in [1.29, 1.82) is 0 Å². The summed E-state index contributed by atoms with van der Waals surface area (Å²) in [7, 11) is -0.908. The quantitative estimate of drug-likeness (QED) is 0.471. The predicted molar refractivity (Wildman–Crippen MR) is 135 cm³/mol. The van der Waals surface area contributed by atoms with Crippen molar-refractivity contribution in [2.24, 2.45) is 11.5 Å². The summed E-state index contributed by atoms with van der Waals surface area (Å²) in [6, 6.07) is 5.52. The SMILES string of the molecule is Cc1c(C(N)=O)ccc(C(C)(N)c2c(C)c3cc(Cl)c(OC(=O)N(C)C)cc3oc2=O)c1S(C)(=O)=O. The van der Waals surface area contributed by atoms with E-state index in [0.717, 1.165) is 6.26 Å². The number of fused-ring (bicyclic) bond motifs is 1. The Hall–Kier alpha value is -3.41. The van der Waals surface area contributed by atoms with Crippen molar-refractivity contribution in [2.45, 2.75) is 31.2 Å². The Morgan fingerprint density at radius 1 is 1.14 bits per heavy atom. The van der Waals surface area contributed by atoms with E-state index >= 15 is 0 Å². The van der Waals surface area contributed by atoms with Crippen LogP contribution in [0.5, 0.6) is 5.75 Å². The molecule has 12 heteroatoms. The fourth-order valence-electron chi connectivity index (χ4n) is 4.20. The summed E-state index contributed by atoms with van der Waals surface area (Å²) < 4.78 is 36.2. The molecule has 10 nitrogen and oxygen atoms in total. The summed E-state index contributed by atoms with van der Waals surface area (Å²) in [6.07, 6.45) is 0.302. The van der Waals surface area contributed by atoms with Crippen LogP contribution in [0, 0.1) is 13.8 Å². The van der Waals surface area contributed by atoms with E-state index in [2.05, 4.69) is 0 Å². The second kappa shape index (κ2) is 9.23. The molecule has 36 heavy (non-hydrogen) atoms. The Bertz CT molecular complexity index is 1590. The molecule has 0 spiro atoms. The minimum absolute atomic E-state index is 0.00861. The van der Waals surface area contributed by atoms with Gasteiger partial charge in [-0.05, 0) is 49.6 Å². The average molecular weight is 536 g/mol. The van der Waals surface area contributed by atoms with E-state index in [1.807, 2.05) is 0 Å². The second-order valence-electron chi connectivity index (χ2n) is 8.88. The maximum atomic E-state index is 13.2. The first kappa shape index (κ1) is 27.2. The highest BCUT2D eigenvalue weighted by Crippen LogP contribution is 2.38. The number of primary amides is 1. The molecular weight excluding hydrogens is 510 g/mol. The molecule has 3 aromatic rings. The highest BCUT2D eigenvalue weighted by molar-refractivity contribution is 7.90. The number of carbonyl (C=O) groups is 2. The van der Waals surface area contributed by atoms with Crippen molar-refractivity contribution in [3.63, 3.8) is 0 Å². The molecule has 0 saturated carbocycles. The minimum Gasteiger partial charge on any atom is -0.422 e. The van der Waals surface area contributed by atoms with Gasteiger partial charge >= 0.3 is 11.7 Å². The van der Waals surface area contributed by atoms with Crippen LogP contribution in [0.25, 0.3) is 11.0 Å². The maximum Gasteiger partial charge on any atom is 0.414 e. The van der Waals surface area contributed by atoms with Gasteiger partial charge in [0.05, 0.1) is 21.0 Å². The number of rotatable bonds is 5. The first-order valence-corrected chi connectivity index (χ1v) is 12.8. The Kier molecular flexibility index (Phi) is 6.97. The molecule has 2 amide bonds. The van der Waals surface area contributed by atoms with Gasteiger partial charge in [0.1, 0.15) is 5.58 Å². The molecule has 1 heterocycles. The Balaban J connectivity index is 2.32. The molecule has 4 N–H and O–H groups in total. The summed E-state index contributed by atoms with van der Waals surface area (Å²) in [5.41, 5.74) is 10.3. The molecule has 0 saturated heterocycles. The van der Waals surface area contributed by atoms with Crippen molar-refractivity contribution in [1.82, 2.24) is 4.90 Å². The largest absolute Gasteiger partial charge is 0.422 e. The van der Waals surface area contributed by atoms with E-state index in [1.165, 1.54) is 57.1 Å². The van der Waals surface area contributed by atoms with E-state index in [-0.39, 0.29) is 43.5 Å². The molecule has 0 radical (unpaired) electrons. The lowest BCUT2D eigenvalue weighted by atomic mass is 9.82. The highest BCUT2D eigenvalue weighted by Gasteiger charge is 2.36. The molecule has 1 aromatic heterocycles. The van der Waals surface area contributed by atoms with Gasteiger partial charge in [-0.1, -0.05) is 17.7 Å². The number of nitrogens with two attached hydrogens (primary N) is 2. The molecule has 2 aromatic carbocycles. The zero-order chi connectivity index (χ0) is 27.3. The van der Waals surface area contributed by atoms with E-state index in [0.29, 0.717) is 10.9 Å². The van der Waals surface area contributed by atoms with Crippen LogP contribution in [0.1, 0.15) is 39.5 Å². The number of halogens is 1. The number of hydrogen-bond acceptors (Lipinski definition) is 8. The fraction of sp³-hybridized carbons (Fsp3) is 0.292. The summed E-state index contributed by atoms with van der Waals surface area (Å²) in [4.78, 5) is 38.0. The fourth-order valence-corrected chi connectivity index (χ4v) is 5.74. The molecule has 0 aliphatic rings. The standard InChI is InChI=1S/C24H26ClN3O7S/c1-11-14-9-16(25)18(35-23(31)28(4)5)10-17(14)34-22(30)19(11)24(3,27)15-8-7-13(21(26)29)12(2)20(15)36(6,32)33/h7-10H,27H2,1-6H3,(H2,26,29). The smallest absolute Gasteiger partial charge is 0.414 e. The molecule has 1 unspecified atom stereocenters. The number of amides is 2. The Labute approximate surface area is 212 Å². The van der Waals surface area contributed by atoms with Crippen molar-refractivity contribution >= 4 is 44.4 Å². The summed E-state index contributed by atoms with van der Waals surface area (Å²) in [5.74, 6) is -0.810. The molecule has 0 aliphatic heterocycles. The lowest BCUT2D eigenvalue weighted by Gasteiger charge is -2.29. The molecule has 3 rings (SSSR count). The number of nitrogens with zero attached hydrogens (tertiary/aromatic N) is 1. The van der Waals surface area contributed by atoms with Crippen LogP contribution in [0.15, 0.2) is 38.4 Å². The average Bonchev–Trinajstić information content (AvgIpc) is 2.73. The van der Waals surface area contributed by atoms with Crippen molar-refractivity contribution in [3.8, 4) is 5.75 Å². The van der Waals surface area contributed by atoms with E-state index in [4.69, 9.17) is 32.2 Å². The van der Waals surface area contributed by atoms with Crippen LogP contribution >= 0.6 is 11.6 Å². The van der Waals surface area contributed by atoms with Crippen molar-refractivity contribution in [3.05, 3.63) is 67.5 Å². The van der Waals surface area contributed by atoms with Gasteiger partial charge in [0.2, 0.25) is 5.91 Å². The van der Waals surface area contributed by atoms with Crippen LogP contribution < -0.4 is 21.8 Å². The van der Waals surface area contributed by atoms with E-state index in [1.54, 1.807) is 6.92 Å². The van der Waals surface area contributed by atoms with Gasteiger partial charge in [0, 0.05) is 37.4 Å². The van der Waals surface area contributed by atoms with E-state index < -0.39 is 33.0 Å². The van der Waals surface area contributed by atoms with Crippen LogP contribution in [0.4, 0.5) is 4.79 Å². The molecule has 0 bridgehead atoms. The molecule has 1 atom stereocenters. The number of carbonyl (C=O) groups excluding carboxylic acids is 2. The minimum atomic E-state index is -3.90. The van der Waals surface area contributed by atoms with Gasteiger partial charge in [-0.3, -0.25) is 4.79 Å².